The minimum absolute atomic E-state index is 0.0125. The number of carbonyl (C=O) groups is 1. The van der Waals surface area contributed by atoms with E-state index in [4.69, 9.17) is 18.9 Å². The summed E-state index contributed by atoms with van der Waals surface area (Å²) in [6.45, 7) is 11.6. The number of hydrogen-bond acceptors (Lipinski definition) is 15. The van der Waals surface area contributed by atoms with E-state index in [0.29, 0.717) is 31.6 Å². The number of aliphatic hydroxyl groups excluding tert-OH is 10. The fourth-order valence-corrected chi connectivity index (χ4v) is 13.9. The maximum Gasteiger partial charge on any atom is 0.315 e. The van der Waals surface area contributed by atoms with Gasteiger partial charge in [-0.3, -0.25) is 4.79 Å². The molecule has 4 saturated carbocycles. The van der Waals surface area contributed by atoms with E-state index in [1.165, 1.54) is 5.57 Å². The second-order valence-electron chi connectivity index (χ2n) is 20.1. The van der Waals surface area contributed by atoms with E-state index >= 15 is 0 Å². The third-order valence-electron chi connectivity index (χ3n) is 17.7. The number of rotatable bonds is 7. The van der Waals surface area contributed by atoms with Gasteiger partial charge in [-0.2, -0.15) is 0 Å². The van der Waals surface area contributed by atoms with Crippen LogP contribution in [0.1, 0.15) is 92.9 Å². The van der Waals surface area contributed by atoms with Crippen molar-refractivity contribution in [1.29, 1.82) is 0 Å². The Morgan fingerprint density at radius 1 is 0.772 bits per heavy atom. The van der Waals surface area contributed by atoms with Crippen LogP contribution >= 0.6 is 0 Å². The summed E-state index contributed by atoms with van der Waals surface area (Å²) in [4.78, 5) is 14.8. The molecule has 2 aliphatic heterocycles. The van der Waals surface area contributed by atoms with Crippen LogP contribution in [0.4, 0.5) is 0 Å². The van der Waals surface area contributed by atoms with Gasteiger partial charge in [0.2, 0.25) is 6.29 Å². The van der Waals surface area contributed by atoms with Gasteiger partial charge in [-0.25, -0.2) is 0 Å². The smallest absolute Gasteiger partial charge is 0.315 e. The predicted octanol–water partition coefficient (Wildman–Crippen LogP) is 0.115. The standard InChI is InChI=1S/C42H68O15/c1-19-9-12-42(37(53)57-36-32(51)30(49)33(24(17-44)55-36)56-35-31(50)29(48)28(47)23(16-43)54-35)14-13-40(5)21(27(42)20(19)2)7-8-26-38(3)15-22(46)34(52)39(4,18-45)25(38)10-11-41(26,40)6/h7,19-20,22-36,43-52H,8-18H2,1-6H3/t19-,20+,22-,23+,24-,25-,26-,27+,28-,29-,30-,31+,32-,33-,34+,35-,36+,38+,39+,40-,41-,42+/m1/s1. The fourth-order valence-electron chi connectivity index (χ4n) is 13.9. The molecule has 0 spiro atoms. The van der Waals surface area contributed by atoms with E-state index in [2.05, 4.69) is 40.7 Å². The summed E-state index contributed by atoms with van der Waals surface area (Å²) in [5.41, 5.74) is -1.44. The maximum atomic E-state index is 14.8. The highest BCUT2D eigenvalue weighted by atomic mass is 16.7. The molecule has 0 aromatic rings. The quantitative estimate of drug-likeness (QED) is 0.121. The first-order valence-corrected chi connectivity index (χ1v) is 21.2. The summed E-state index contributed by atoms with van der Waals surface area (Å²) in [6, 6.07) is 0. The summed E-state index contributed by atoms with van der Waals surface area (Å²) >= 11 is 0. The lowest BCUT2D eigenvalue weighted by Crippen LogP contribution is -2.68. The zero-order chi connectivity index (χ0) is 41.8. The summed E-state index contributed by atoms with van der Waals surface area (Å²) in [7, 11) is 0. The van der Waals surface area contributed by atoms with Crippen LogP contribution in [0.3, 0.4) is 0 Å². The average molecular weight is 813 g/mol. The van der Waals surface area contributed by atoms with Crippen molar-refractivity contribution in [3.8, 4) is 0 Å². The lowest BCUT2D eigenvalue weighted by atomic mass is 9.33. The van der Waals surface area contributed by atoms with Gasteiger partial charge in [0.1, 0.15) is 48.8 Å². The van der Waals surface area contributed by atoms with Crippen molar-refractivity contribution in [2.75, 3.05) is 19.8 Å². The molecule has 326 valence electrons. The largest absolute Gasteiger partial charge is 0.432 e. The van der Waals surface area contributed by atoms with E-state index in [1.54, 1.807) is 0 Å². The molecule has 10 N–H and O–H groups in total. The summed E-state index contributed by atoms with van der Waals surface area (Å²) in [5.74, 6) is -0.186. The molecular weight excluding hydrogens is 744 g/mol. The molecule has 7 rings (SSSR count). The summed E-state index contributed by atoms with van der Waals surface area (Å²) in [6.07, 6.45) is -10.7. The van der Waals surface area contributed by atoms with E-state index in [1.807, 2.05) is 6.92 Å². The highest BCUT2D eigenvalue weighted by Crippen LogP contribution is 2.76. The third-order valence-corrected chi connectivity index (χ3v) is 17.7. The number of carbonyl (C=O) groups excluding carboxylic acids is 1. The number of aliphatic hydroxyl groups is 10. The van der Waals surface area contributed by atoms with Gasteiger partial charge >= 0.3 is 5.97 Å². The molecule has 0 unspecified atom stereocenters. The Kier molecular flexibility index (Phi) is 11.7. The van der Waals surface area contributed by atoms with Gasteiger partial charge in [0.25, 0.3) is 0 Å². The van der Waals surface area contributed by atoms with Crippen LogP contribution in [0.15, 0.2) is 11.6 Å². The summed E-state index contributed by atoms with van der Waals surface area (Å²) in [5, 5.41) is 107. The molecule has 0 aromatic heterocycles. The number of fused-ring (bicyclic) bond motifs is 7. The first kappa shape index (κ1) is 43.8. The molecule has 15 nitrogen and oxygen atoms in total. The second-order valence-corrected chi connectivity index (χ2v) is 20.1. The molecule has 0 radical (unpaired) electrons. The van der Waals surface area contributed by atoms with Crippen LogP contribution in [0.5, 0.6) is 0 Å². The molecule has 7 aliphatic rings. The van der Waals surface area contributed by atoms with Crippen LogP contribution in [0.2, 0.25) is 0 Å². The van der Waals surface area contributed by atoms with Crippen LogP contribution < -0.4 is 0 Å². The van der Waals surface area contributed by atoms with Crippen LogP contribution in [0, 0.1) is 56.7 Å². The Bertz CT molecular complexity index is 1530. The molecular formula is C42H68O15. The topological polar surface area (TPSA) is 256 Å². The molecule has 5 aliphatic carbocycles. The van der Waals surface area contributed by atoms with Gasteiger partial charge in [0.15, 0.2) is 6.29 Å². The Labute approximate surface area is 335 Å². The molecule has 15 heteroatoms. The van der Waals surface area contributed by atoms with Crippen LogP contribution in [0.25, 0.3) is 0 Å². The van der Waals surface area contributed by atoms with Gasteiger partial charge in [0.05, 0.1) is 37.4 Å². The van der Waals surface area contributed by atoms with Crippen LogP contribution in [-0.2, 0) is 23.7 Å². The van der Waals surface area contributed by atoms with Crippen molar-refractivity contribution in [2.45, 2.75) is 167 Å². The number of hydrogen-bond donors (Lipinski definition) is 10. The van der Waals surface area contributed by atoms with Gasteiger partial charge in [0, 0.05) is 5.41 Å². The first-order chi connectivity index (χ1) is 26.7. The van der Waals surface area contributed by atoms with Gasteiger partial charge in [-0.1, -0.05) is 53.2 Å². The maximum absolute atomic E-state index is 14.8. The number of ether oxygens (including phenoxy) is 4. The van der Waals surface area contributed by atoms with Crippen molar-refractivity contribution in [2.24, 2.45) is 56.7 Å². The lowest BCUT2D eigenvalue weighted by Gasteiger charge is -2.71. The fraction of sp³-hybridized carbons (Fsp3) is 0.929. The highest BCUT2D eigenvalue weighted by Gasteiger charge is 2.71. The molecule has 0 bridgehead atoms. The van der Waals surface area contributed by atoms with Crippen LogP contribution in [-0.4, -0.2) is 150 Å². The average Bonchev–Trinajstić information content (AvgIpc) is 3.18. The Hall–Kier alpha value is -1.31. The van der Waals surface area contributed by atoms with Crippen molar-refractivity contribution in [1.82, 2.24) is 0 Å². The summed E-state index contributed by atoms with van der Waals surface area (Å²) < 4.78 is 23.1. The Morgan fingerprint density at radius 3 is 2.07 bits per heavy atom. The molecule has 2 saturated heterocycles. The molecule has 6 fully saturated rings. The zero-order valence-electron chi connectivity index (χ0n) is 34.2. The monoisotopic (exact) mass is 812 g/mol. The normalized spacial score (nSPS) is 56.4. The molecule has 22 atom stereocenters. The minimum Gasteiger partial charge on any atom is -0.432 e. The van der Waals surface area contributed by atoms with Gasteiger partial charge < -0.3 is 70.0 Å². The van der Waals surface area contributed by atoms with Crippen molar-refractivity contribution < 1.29 is 74.8 Å². The van der Waals surface area contributed by atoms with E-state index < -0.39 is 104 Å². The lowest BCUT2D eigenvalue weighted by molar-refractivity contribution is -0.356. The van der Waals surface area contributed by atoms with E-state index in [-0.39, 0.29) is 46.5 Å². The van der Waals surface area contributed by atoms with Crippen molar-refractivity contribution >= 4 is 5.97 Å². The van der Waals surface area contributed by atoms with Crippen molar-refractivity contribution in [3.05, 3.63) is 11.6 Å². The SMILES string of the molecule is C[C@H]1[C@H](C)CC[C@]2(C(=O)O[C@@H]3O[C@H](CO)[C@@H](O[C@H]4O[C@@H](CO)[C@@H](O)[C@@H](O)[C@@H]4O)[C@H](O)[C@H]3O)CC[C@]3(C)C(=CC[C@@H]4[C@@]5(C)C[C@@H](O)[C@H](O)[C@@](C)(CO)[C@@H]5CC[C@]43C)[C@H]12. The predicted molar refractivity (Wildman–Crippen MR) is 200 cm³/mol. The second kappa shape index (κ2) is 15.2. The van der Waals surface area contributed by atoms with E-state index in [9.17, 15) is 55.9 Å². The van der Waals surface area contributed by atoms with Gasteiger partial charge in [-0.05, 0) is 97.2 Å². The third kappa shape index (κ3) is 6.26. The Balaban J connectivity index is 1.15. The first-order valence-electron chi connectivity index (χ1n) is 21.2. The molecule has 0 amide bonds. The molecule has 2 heterocycles. The van der Waals surface area contributed by atoms with Crippen molar-refractivity contribution in [3.63, 3.8) is 0 Å². The van der Waals surface area contributed by atoms with Gasteiger partial charge in [-0.15, -0.1) is 0 Å². The Morgan fingerprint density at radius 2 is 1.42 bits per heavy atom. The minimum atomic E-state index is -1.84. The molecule has 0 aromatic carbocycles. The number of allylic oxidation sites excluding steroid dienone is 2. The highest BCUT2D eigenvalue weighted by molar-refractivity contribution is 5.79. The molecule has 57 heavy (non-hydrogen) atoms. The van der Waals surface area contributed by atoms with E-state index in [0.717, 1.165) is 25.7 Å². The number of esters is 1. The zero-order valence-corrected chi connectivity index (χ0v) is 34.2.